The van der Waals surface area contributed by atoms with Crippen LogP contribution in [0.5, 0.6) is 5.75 Å². The Kier molecular flexibility index (Phi) is 6.65. The van der Waals surface area contributed by atoms with Gasteiger partial charge in [-0.05, 0) is 54.7 Å². The van der Waals surface area contributed by atoms with Crippen LogP contribution in [0.2, 0.25) is 5.02 Å². The van der Waals surface area contributed by atoms with E-state index in [4.69, 9.17) is 16.3 Å². The van der Waals surface area contributed by atoms with Crippen molar-refractivity contribution in [3.05, 3.63) is 64.7 Å². The lowest BCUT2D eigenvalue weighted by Crippen LogP contribution is -2.32. The fourth-order valence-electron chi connectivity index (χ4n) is 3.05. The highest BCUT2D eigenvalue weighted by Crippen LogP contribution is 2.29. The van der Waals surface area contributed by atoms with E-state index in [0.29, 0.717) is 17.4 Å². The molecule has 132 valence electrons. The number of ether oxygens (including phenoxy) is 1. The predicted molar refractivity (Wildman–Crippen MR) is 105 cm³/mol. The van der Waals surface area contributed by atoms with Crippen LogP contribution < -0.4 is 10.1 Å². The van der Waals surface area contributed by atoms with Gasteiger partial charge in [-0.1, -0.05) is 35.9 Å². The molecule has 1 atom stereocenters. The third-order valence-corrected chi connectivity index (χ3v) is 5.42. The SMILES string of the molecule is O=C(CSCCOc1ccc(Cl)cc1)NC1CCCc2ccccc21. The van der Waals surface area contributed by atoms with E-state index in [9.17, 15) is 4.79 Å². The number of thioether (sulfide) groups is 1. The molecule has 1 aliphatic carbocycles. The van der Waals surface area contributed by atoms with Crippen molar-refractivity contribution in [1.29, 1.82) is 0 Å². The molecule has 0 saturated carbocycles. The first-order chi connectivity index (χ1) is 12.2. The monoisotopic (exact) mass is 375 g/mol. The topological polar surface area (TPSA) is 38.3 Å². The molecule has 0 radical (unpaired) electrons. The summed E-state index contributed by atoms with van der Waals surface area (Å²) >= 11 is 7.43. The molecule has 2 aromatic carbocycles. The number of benzene rings is 2. The fourth-order valence-corrected chi connectivity index (χ4v) is 3.79. The maximum atomic E-state index is 12.2. The number of carbonyl (C=O) groups excluding carboxylic acids is 1. The second kappa shape index (κ2) is 9.16. The minimum Gasteiger partial charge on any atom is -0.493 e. The Morgan fingerprint density at radius 3 is 2.84 bits per heavy atom. The molecule has 1 amide bonds. The van der Waals surface area contributed by atoms with Crippen molar-refractivity contribution >= 4 is 29.3 Å². The molecule has 2 aromatic rings. The Morgan fingerprint density at radius 1 is 1.20 bits per heavy atom. The van der Waals surface area contributed by atoms with Crippen molar-refractivity contribution < 1.29 is 9.53 Å². The van der Waals surface area contributed by atoms with Gasteiger partial charge in [-0.15, -0.1) is 11.8 Å². The highest BCUT2D eigenvalue weighted by Gasteiger charge is 2.21. The Bertz CT molecular complexity index is 705. The number of fused-ring (bicyclic) bond motifs is 1. The highest BCUT2D eigenvalue weighted by atomic mass is 35.5. The summed E-state index contributed by atoms with van der Waals surface area (Å²) in [6.07, 6.45) is 3.26. The first-order valence-corrected chi connectivity index (χ1v) is 10.1. The average molecular weight is 376 g/mol. The van der Waals surface area contributed by atoms with E-state index >= 15 is 0 Å². The molecular formula is C20H22ClNO2S. The van der Waals surface area contributed by atoms with Gasteiger partial charge in [0, 0.05) is 10.8 Å². The molecular weight excluding hydrogens is 354 g/mol. The summed E-state index contributed by atoms with van der Waals surface area (Å²) in [5.41, 5.74) is 2.64. The van der Waals surface area contributed by atoms with E-state index in [1.54, 1.807) is 23.9 Å². The molecule has 25 heavy (non-hydrogen) atoms. The molecule has 1 aliphatic rings. The number of amides is 1. The zero-order valence-electron chi connectivity index (χ0n) is 14.0. The van der Waals surface area contributed by atoms with Crippen molar-refractivity contribution in [3.8, 4) is 5.75 Å². The van der Waals surface area contributed by atoms with Crippen LogP contribution in [0.15, 0.2) is 48.5 Å². The van der Waals surface area contributed by atoms with Crippen LogP contribution in [0, 0.1) is 0 Å². The van der Waals surface area contributed by atoms with Gasteiger partial charge in [0.25, 0.3) is 0 Å². The molecule has 1 N–H and O–H groups in total. The molecule has 1 unspecified atom stereocenters. The summed E-state index contributed by atoms with van der Waals surface area (Å²) in [5.74, 6) is 2.13. The van der Waals surface area contributed by atoms with Crippen molar-refractivity contribution in [2.45, 2.75) is 25.3 Å². The number of aryl methyl sites for hydroxylation is 1. The summed E-state index contributed by atoms with van der Waals surface area (Å²) < 4.78 is 5.63. The molecule has 0 heterocycles. The van der Waals surface area contributed by atoms with Gasteiger partial charge in [0.05, 0.1) is 18.4 Å². The summed E-state index contributed by atoms with van der Waals surface area (Å²) in [5, 5.41) is 3.87. The van der Waals surface area contributed by atoms with E-state index in [1.807, 2.05) is 18.2 Å². The van der Waals surface area contributed by atoms with Crippen LogP contribution >= 0.6 is 23.4 Å². The molecule has 0 aromatic heterocycles. The number of hydrogen-bond donors (Lipinski definition) is 1. The Labute approximate surface area is 158 Å². The van der Waals surface area contributed by atoms with Crippen LogP contribution in [-0.2, 0) is 11.2 Å². The number of halogens is 1. The van der Waals surface area contributed by atoms with Gasteiger partial charge in [-0.2, -0.15) is 0 Å². The Balaban J connectivity index is 1.37. The first-order valence-electron chi connectivity index (χ1n) is 8.55. The van der Waals surface area contributed by atoms with E-state index in [2.05, 4.69) is 23.5 Å². The molecule has 0 fully saturated rings. The Hall–Kier alpha value is -1.65. The second-order valence-electron chi connectivity index (χ2n) is 6.07. The Morgan fingerprint density at radius 2 is 2.00 bits per heavy atom. The molecule has 0 aliphatic heterocycles. The van der Waals surface area contributed by atoms with Crippen LogP contribution in [0.1, 0.15) is 30.0 Å². The van der Waals surface area contributed by atoms with E-state index in [-0.39, 0.29) is 11.9 Å². The highest BCUT2D eigenvalue weighted by molar-refractivity contribution is 7.99. The molecule has 3 rings (SSSR count). The fraction of sp³-hybridized carbons (Fsp3) is 0.350. The van der Waals surface area contributed by atoms with Crippen LogP contribution in [-0.4, -0.2) is 24.0 Å². The minimum atomic E-state index is 0.0956. The molecule has 0 spiro atoms. The zero-order valence-corrected chi connectivity index (χ0v) is 15.6. The summed E-state index contributed by atoms with van der Waals surface area (Å²) in [6, 6.07) is 15.9. The zero-order chi connectivity index (χ0) is 17.5. The van der Waals surface area contributed by atoms with E-state index in [1.165, 1.54) is 11.1 Å². The van der Waals surface area contributed by atoms with Crippen LogP contribution in [0.3, 0.4) is 0 Å². The van der Waals surface area contributed by atoms with E-state index < -0.39 is 0 Å². The average Bonchev–Trinajstić information content (AvgIpc) is 2.63. The van der Waals surface area contributed by atoms with Gasteiger partial charge in [-0.3, -0.25) is 4.79 Å². The summed E-state index contributed by atoms with van der Waals surface area (Å²) in [6.45, 7) is 0.575. The third-order valence-electron chi connectivity index (χ3n) is 4.25. The van der Waals surface area contributed by atoms with Crippen LogP contribution in [0.4, 0.5) is 0 Å². The molecule has 3 nitrogen and oxygen atoms in total. The van der Waals surface area contributed by atoms with Gasteiger partial charge in [0.15, 0.2) is 0 Å². The first kappa shape index (κ1) is 18.2. The number of nitrogens with one attached hydrogen (secondary N) is 1. The lowest BCUT2D eigenvalue weighted by Gasteiger charge is -2.26. The maximum absolute atomic E-state index is 12.2. The van der Waals surface area contributed by atoms with Crippen molar-refractivity contribution in [2.24, 2.45) is 0 Å². The quantitative estimate of drug-likeness (QED) is 0.716. The third kappa shape index (κ3) is 5.41. The normalized spacial score (nSPS) is 16.1. The van der Waals surface area contributed by atoms with Crippen LogP contribution in [0.25, 0.3) is 0 Å². The summed E-state index contributed by atoms with van der Waals surface area (Å²) in [7, 11) is 0. The standard InChI is InChI=1S/C20H22ClNO2S/c21-16-8-10-17(11-9-16)24-12-13-25-14-20(23)22-19-7-3-5-15-4-1-2-6-18(15)19/h1-2,4,6,8-11,19H,3,5,7,12-14H2,(H,22,23). The molecule has 0 saturated heterocycles. The van der Waals surface area contributed by atoms with Crippen molar-refractivity contribution in [2.75, 3.05) is 18.1 Å². The number of hydrogen-bond acceptors (Lipinski definition) is 3. The number of carbonyl (C=O) groups is 1. The lowest BCUT2D eigenvalue weighted by atomic mass is 9.88. The number of rotatable bonds is 7. The van der Waals surface area contributed by atoms with Crippen molar-refractivity contribution in [1.82, 2.24) is 5.32 Å². The molecule has 0 bridgehead atoms. The van der Waals surface area contributed by atoms with Gasteiger partial charge < -0.3 is 10.1 Å². The van der Waals surface area contributed by atoms with Gasteiger partial charge in [0.1, 0.15) is 5.75 Å². The summed E-state index contributed by atoms with van der Waals surface area (Å²) in [4.78, 5) is 12.2. The predicted octanol–water partition coefficient (Wildman–Crippen LogP) is 4.65. The van der Waals surface area contributed by atoms with E-state index in [0.717, 1.165) is 30.8 Å². The second-order valence-corrected chi connectivity index (χ2v) is 7.61. The maximum Gasteiger partial charge on any atom is 0.230 e. The van der Waals surface area contributed by atoms with Gasteiger partial charge in [-0.25, -0.2) is 0 Å². The lowest BCUT2D eigenvalue weighted by molar-refractivity contribution is -0.119. The molecule has 5 heteroatoms. The van der Waals surface area contributed by atoms with Gasteiger partial charge >= 0.3 is 0 Å². The van der Waals surface area contributed by atoms with Gasteiger partial charge in [0.2, 0.25) is 5.91 Å². The minimum absolute atomic E-state index is 0.0956. The van der Waals surface area contributed by atoms with Crippen molar-refractivity contribution in [3.63, 3.8) is 0 Å². The largest absolute Gasteiger partial charge is 0.493 e. The smallest absolute Gasteiger partial charge is 0.230 e.